The van der Waals surface area contributed by atoms with E-state index in [0.29, 0.717) is 12.5 Å². The molecule has 28 heavy (non-hydrogen) atoms. The van der Waals surface area contributed by atoms with Crippen LogP contribution in [0.4, 0.5) is 5.69 Å². The van der Waals surface area contributed by atoms with Crippen LogP contribution >= 0.6 is 0 Å². The number of aromatic nitrogens is 1. The Labute approximate surface area is 165 Å². The van der Waals surface area contributed by atoms with E-state index in [0.717, 1.165) is 42.4 Å². The molecule has 1 atom stereocenters. The molecule has 148 valence electrons. The van der Waals surface area contributed by atoms with E-state index in [2.05, 4.69) is 21.3 Å². The molecule has 1 saturated heterocycles. The lowest BCUT2D eigenvalue weighted by atomic mass is 10.2. The molecule has 6 heteroatoms. The average molecular weight is 381 g/mol. The van der Waals surface area contributed by atoms with Crippen molar-refractivity contribution in [3.8, 4) is 11.5 Å². The smallest absolute Gasteiger partial charge is 0.246 e. The molecule has 2 heterocycles. The molecule has 1 aliphatic heterocycles. The van der Waals surface area contributed by atoms with Gasteiger partial charge in [0.2, 0.25) is 5.91 Å². The van der Waals surface area contributed by atoms with Crippen LogP contribution in [-0.2, 0) is 9.53 Å². The predicted molar refractivity (Wildman–Crippen MR) is 108 cm³/mol. The highest BCUT2D eigenvalue weighted by atomic mass is 16.5. The molecule has 1 aliphatic carbocycles. The molecule has 1 N–H and O–H groups in total. The van der Waals surface area contributed by atoms with Gasteiger partial charge in [-0.15, -0.1) is 0 Å². The number of aryl methyl sites for hydroxylation is 1. The van der Waals surface area contributed by atoms with Crippen LogP contribution in [0.25, 0.3) is 0 Å². The molecule has 0 spiro atoms. The number of carbonyl (C=O) groups excluding carboxylic acids is 1. The molecule has 6 nitrogen and oxygen atoms in total. The van der Waals surface area contributed by atoms with Crippen molar-refractivity contribution in [2.75, 3.05) is 31.2 Å². The van der Waals surface area contributed by atoms with Gasteiger partial charge in [0.05, 0.1) is 12.8 Å². The lowest BCUT2D eigenvalue weighted by Crippen LogP contribution is -2.39. The highest BCUT2D eigenvalue weighted by Gasteiger charge is 2.25. The molecular formula is C22H27N3O3. The molecule has 2 fully saturated rings. The first-order chi connectivity index (χ1) is 13.7. The number of rotatable bonds is 8. The monoisotopic (exact) mass is 381 g/mol. The van der Waals surface area contributed by atoms with E-state index < -0.39 is 0 Å². The first-order valence-electron chi connectivity index (χ1n) is 9.98. The van der Waals surface area contributed by atoms with Gasteiger partial charge < -0.3 is 19.7 Å². The molecule has 1 aromatic carbocycles. The van der Waals surface area contributed by atoms with Gasteiger partial charge >= 0.3 is 0 Å². The van der Waals surface area contributed by atoms with Gasteiger partial charge in [-0.3, -0.25) is 9.78 Å². The standard InChI is InChI=1S/C22H27N3O3/c1-16-5-8-21(12-23-16)28-20-4-2-3-19(11-20)25-10-9-18(13-25)24-22(26)15-27-14-17-6-7-17/h2-5,8,11-12,17-18H,6-7,9-10,13-15H2,1H3,(H,24,26)/t18-/m0/s1. The Bertz CT molecular complexity index is 805. The third-order valence-corrected chi connectivity index (χ3v) is 5.14. The summed E-state index contributed by atoms with van der Waals surface area (Å²) >= 11 is 0. The Balaban J connectivity index is 1.28. The van der Waals surface area contributed by atoms with Gasteiger partial charge in [-0.2, -0.15) is 0 Å². The highest BCUT2D eigenvalue weighted by Crippen LogP contribution is 2.29. The highest BCUT2D eigenvalue weighted by molar-refractivity contribution is 5.77. The maximum Gasteiger partial charge on any atom is 0.246 e. The Hall–Kier alpha value is -2.60. The second-order valence-electron chi connectivity index (χ2n) is 7.69. The van der Waals surface area contributed by atoms with Crippen molar-refractivity contribution in [1.82, 2.24) is 10.3 Å². The third-order valence-electron chi connectivity index (χ3n) is 5.14. The largest absolute Gasteiger partial charge is 0.456 e. The van der Waals surface area contributed by atoms with E-state index in [4.69, 9.17) is 9.47 Å². The summed E-state index contributed by atoms with van der Waals surface area (Å²) in [5.74, 6) is 2.17. The zero-order chi connectivity index (χ0) is 19.3. The zero-order valence-electron chi connectivity index (χ0n) is 16.3. The number of hydrogen-bond acceptors (Lipinski definition) is 5. The van der Waals surface area contributed by atoms with Gasteiger partial charge in [-0.25, -0.2) is 0 Å². The summed E-state index contributed by atoms with van der Waals surface area (Å²) in [6, 6.07) is 12.0. The summed E-state index contributed by atoms with van der Waals surface area (Å²) < 4.78 is 11.4. The van der Waals surface area contributed by atoms with Crippen LogP contribution in [0.3, 0.4) is 0 Å². The first kappa shape index (κ1) is 18.7. The number of anilines is 1. The number of nitrogens with zero attached hydrogens (tertiary/aromatic N) is 2. The molecule has 1 saturated carbocycles. The quantitative estimate of drug-likeness (QED) is 0.760. The normalized spacial score (nSPS) is 18.9. The van der Waals surface area contributed by atoms with Gasteiger partial charge in [0.15, 0.2) is 0 Å². The molecule has 2 aromatic rings. The topological polar surface area (TPSA) is 63.7 Å². The minimum atomic E-state index is -0.0172. The van der Waals surface area contributed by atoms with E-state index in [-0.39, 0.29) is 18.6 Å². The SMILES string of the molecule is Cc1ccc(Oc2cccc(N3CC[C@H](NC(=O)COCC4CC4)C3)c2)cn1. The fourth-order valence-electron chi connectivity index (χ4n) is 3.38. The van der Waals surface area contributed by atoms with Gasteiger partial charge in [-0.1, -0.05) is 6.07 Å². The number of nitrogens with one attached hydrogen (secondary N) is 1. The summed E-state index contributed by atoms with van der Waals surface area (Å²) in [5, 5.41) is 3.09. The molecule has 0 bridgehead atoms. The van der Waals surface area contributed by atoms with E-state index in [1.54, 1.807) is 6.20 Å². The van der Waals surface area contributed by atoms with Crippen molar-refractivity contribution in [2.24, 2.45) is 5.92 Å². The predicted octanol–water partition coefficient (Wildman–Crippen LogP) is 3.30. The van der Waals surface area contributed by atoms with Crippen molar-refractivity contribution < 1.29 is 14.3 Å². The molecule has 2 aliphatic rings. The van der Waals surface area contributed by atoms with Crippen molar-refractivity contribution in [3.63, 3.8) is 0 Å². The third kappa shape index (κ3) is 5.23. The molecule has 1 aromatic heterocycles. The zero-order valence-corrected chi connectivity index (χ0v) is 16.3. The Morgan fingerprint density at radius 1 is 1.21 bits per heavy atom. The van der Waals surface area contributed by atoms with Crippen molar-refractivity contribution in [2.45, 2.75) is 32.2 Å². The summed E-state index contributed by atoms with van der Waals surface area (Å²) in [5.41, 5.74) is 2.06. The van der Waals surface area contributed by atoms with Crippen LogP contribution < -0.4 is 15.0 Å². The fourth-order valence-corrected chi connectivity index (χ4v) is 3.38. The minimum absolute atomic E-state index is 0.0172. The lowest BCUT2D eigenvalue weighted by molar-refractivity contribution is -0.126. The molecule has 4 rings (SSSR count). The van der Waals surface area contributed by atoms with E-state index in [1.165, 1.54) is 12.8 Å². The number of hydrogen-bond donors (Lipinski definition) is 1. The van der Waals surface area contributed by atoms with Crippen LogP contribution in [0.5, 0.6) is 11.5 Å². The maximum atomic E-state index is 12.0. The first-order valence-corrected chi connectivity index (χ1v) is 9.98. The summed E-state index contributed by atoms with van der Waals surface area (Å²) in [7, 11) is 0. The van der Waals surface area contributed by atoms with Crippen molar-refractivity contribution in [1.29, 1.82) is 0 Å². The summed E-state index contributed by atoms with van der Waals surface area (Å²) in [4.78, 5) is 18.6. The van der Waals surface area contributed by atoms with Gasteiger partial charge in [-0.05, 0) is 56.4 Å². The number of pyridine rings is 1. The Morgan fingerprint density at radius 3 is 2.89 bits per heavy atom. The van der Waals surface area contributed by atoms with Crippen LogP contribution in [0.2, 0.25) is 0 Å². The van der Waals surface area contributed by atoms with E-state index in [1.807, 2.05) is 37.3 Å². The Morgan fingerprint density at radius 2 is 2.11 bits per heavy atom. The van der Waals surface area contributed by atoms with E-state index in [9.17, 15) is 4.79 Å². The number of ether oxygens (including phenoxy) is 2. The van der Waals surface area contributed by atoms with Crippen LogP contribution in [-0.4, -0.2) is 43.2 Å². The minimum Gasteiger partial charge on any atom is -0.456 e. The number of carbonyl (C=O) groups is 1. The number of benzene rings is 1. The number of amides is 1. The second-order valence-corrected chi connectivity index (χ2v) is 7.69. The Kier molecular flexibility index (Phi) is 5.76. The van der Waals surface area contributed by atoms with Crippen molar-refractivity contribution >= 4 is 11.6 Å². The van der Waals surface area contributed by atoms with Gasteiger partial charge in [0.25, 0.3) is 0 Å². The van der Waals surface area contributed by atoms with E-state index >= 15 is 0 Å². The molecule has 0 radical (unpaired) electrons. The maximum absolute atomic E-state index is 12.0. The van der Waals surface area contributed by atoms with Crippen LogP contribution in [0, 0.1) is 12.8 Å². The molecule has 0 unspecified atom stereocenters. The fraction of sp³-hybridized carbons (Fsp3) is 0.455. The average Bonchev–Trinajstić information content (AvgIpc) is 3.40. The second kappa shape index (κ2) is 8.61. The summed E-state index contributed by atoms with van der Waals surface area (Å²) in [6.45, 7) is 4.54. The van der Waals surface area contributed by atoms with Gasteiger partial charge in [0.1, 0.15) is 18.1 Å². The van der Waals surface area contributed by atoms with Crippen LogP contribution in [0.1, 0.15) is 25.0 Å². The summed E-state index contributed by atoms with van der Waals surface area (Å²) in [6.07, 6.45) is 5.14. The molecular weight excluding hydrogens is 354 g/mol. The molecule has 1 amide bonds. The van der Waals surface area contributed by atoms with Crippen molar-refractivity contribution in [3.05, 3.63) is 48.3 Å². The van der Waals surface area contributed by atoms with Gasteiger partial charge in [0, 0.05) is 36.6 Å². The lowest BCUT2D eigenvalue weighted by Gasteiger charge is -2.20. The van der Waals surface area contributed by atoms with Crippen LogP contribution in [0.15, 0.2) is 42.6 Å².